The van der Waals surface area contributed by atoms with Crippen molar-refractivity contribution in [2.75, 3.05) is 7.05 Å². The van der Waals surface area contributed by atoms with Gasteiger partial charge < -0.3 is 5.11 Å². The molecule has 0 amide bonds. The number of phenolic OH excluding ortho intramolecular Hbond substituents is 1. The fourth-order valence-corrected chi connectivity index (χ4v) is 3.07. The van der Waals surface area contributed by atoms with Crippen molar-refractivity contribution in [2.45, 2.75) is 51.6 Å². The number of hydrogen-bond donors (Lipinski definition) is 1. The van der Waals surface area contributed by atoms with E-state index in [9.17, 15) is 5.11 Å². The quantitative estimate of drug-likeness (QED) is 0.875. The number of nitrogens with zero attached hydrogens (tertiary/aromatic N) is 1. The van der Waals surface area contributed by atoms with Gasteiger partial charge in [-0.3, -0.25) is 4.90 Å². The number of hydrogen-bond acceptors (Lipinski definition) is 2. The molecule has 1 fully saturated rings. The van der Waals surface area contributed by atoms with Crippen molar-refractivity contribution in [3.05, 3.63) is 29.8 Å². The summed E-state index contributed by atoms with van der Waals surface area (Å²) in [6, 6.07) is 8.33. The van der Waals surface area contributed by atoms with Crippen LogP contribution in [0.5, 0.6) is 5.75 Å². The molecular formula is C16H25NO. The molecule has 1 aliphatic rings. The van der Waals surface area contributed by atoms with Gasteiger partial charge in [0, 0.05) is 12.6 Å². The summed E-state index contributed by atoms with van der Waals surface area (Å²) in [5.74, 6) is 1.33. The first-order chi connectivity index (χ1) is 8.69. The summed E-state index contributed by atoms with van der Waals surface area (Å²) < 4.78 is 0. The molecule has 0 aromatic heterocycles. The minimum atomic E-state index is 0.371. The molecule has 0 bridgehead atoms. The maximum Gasteiger partial charge on any atom is 0.115 e. The predicted octanol–water partition coefficient (Wildman–Crippen LogP) is 3.79. The second-order valence-electron chi connectivity index (χ2n) is 5.67. The summed E-state index contributed by atoms with van der Waals surface area (Å²) in [4.78, 5) is 2.45. The first-order valence-electron chi connectivity index (χ1n) is 7.17. The summed E-state index contributed by atoms with van der Waals surface area (Å²) >= 11 is 0. The van der Waals surface area contributed by atoms with E-state index in [0.29, 0.717) is 5.75 Å². The zero-order chi connectivity index (χ0) is 13.0. The molecule has 0 radical (unpaired) electrons. The highest BCUT2D eigenvalue weighted by molar-refractivity contribution is 5.27. The van der Waals surface area contributed by atoms with Crippen molar-refractivity contribution >= 4 is 0 Å². The second kappa shape index (κ2) is 6.24. The predicted molar refractivity (Wildman–Crippen MR) is 75.6 cm³/mol. The fraction of sp³-hybridized carbons (Fsp3) is 0.625. The molecule has 2 rings (SSSR count). The lowest BCUT2D eigenvalue weighted by Gasteiger charge is -2.34. The van der Waals surface area contributed by atoms with E-state index in [4.69, 9.17) is 0 Å². The Bertz CT molecular complexity index is 369. The molecule has 0 aliphatic heterocycles. The summed E-state index contributed by atoms with van der Waals surface area (Å²) in [7, 11) is 2.21. The van der Waals surface area contributed by atoms with Crippen LogP contribution in [0.25, 0.3) is 0 Å². The molecule has 2 heteroatoms. The van der Waals surface area contributed by atoms with E-state index >= 15 is 0 Å². The zero-order valence-corrected chi connectivity index (χ0v) is 11.6. The molecule has 0 heterocycles. The molecule has 18 heavy (non-hydrogen) atoms. The largest absolute Gasteiger partial charge is 0.508 e. The first-order valence-corrected chi connectivity index (χ1v) is 7.17. The van der Waals surface area contributed by atoms with Crippen LogP contribution >= 0.6 is 0 Å². The van der Waals surface area contributed by atoms with E-state index < -0.39 is 0 Å². The Labute approximate surface area is 111 Å². The van der Waals surface area contributed by atoms with Gasteiger partial charge in [-0.1, -0.05) is 25.5 Å². The lowest BCUT2D eigenvalue weighted by atomic mass is 9.84. The second-order valence-corrected chi connectivity index (χ2v) is 5.67. The third-order valence-electron chi connectivity index (χ3n) is 4.36. The first kappa shape index (κ1) is 13.4. The smallest absolute Gasteiger partial charge is 0.115 e. The van der Waals surface area contributed by atoms with Gasteiger partial charge >= 0.3 is 0 Å². The van der Waals surface area contributed by atoms with Crippen molar-refractivity contribution in [2.24, 2.45) is 5.92 Å². The maximum atomic E-state index is 9.48. The van der Waals surface area contributed by atoms with E-state index in [2.05, 4.69) is 24.9 Å². The Morgan fingerprint density at radius 3 is 2.56 bits per heavy atom. The van der Waals surface area contributed by atoms with Crippen LogP contribution in [0.3, 0.4) is 0 Å². The summed E-state index contributed by atoms with van der Waals surface area (Å²) in [5.41, 5.74) is 1.20. The Balaban J connectivity index is 1.87. The van der Waals surface area contributed by atoms with Gasteiger partial charge in [0.25, 0.3) is 0 Å². The molecule has 1 aliphatic carbocycles. The molecule has 100 valence electrons. The van der Waals surface area contributed by atoms with Gasteiger partial charge in [-0.25, -0.2) is 0 Å². The highest BCUT2D eigenvalue weighted by Crippen LogP contribution is 2.29. The van der Waals surface area contributed by atoms with Gasteiger partial charge in [-0.2, -0.15) is 0 Å². The number of benzene rings is 1. The van der Waals surface area contributed by atoms with E-state index in [0.717, 1.165) is 18.5 Å². The highest BCUT2D eigenvalue weighted by atomic mass is 16.3. The maximum absolute atomic E-state index is 9.48. The average molecular weight is 247 g/mol. The Morgan fingerprint density at radius 1 is 1.22 bits per heavy atom. The van der Waals surface area contributed by atoms with E-state index in [1.54, 1.807) is 6.07 Å². The Hall–Kier alpha value is -1.02. The third-order valence-corrected chi connectivity index (χ3v) is 4.36. The molecule has 0 spiro atoms. The summed E-state index contributed by atoms with van der Waals surface area (Å²) in [6.45, 7) is 3.25. The SMILES string of the molecule is CCC1CCC(N(C)Cc2cccc(O)c2)CC1. The molecule has 1 aromatic carbocycles. The third kappa shape index (κ3) is 3.49. The normalized spacial score (nSPS) is 24.4. The minimum Gasteiger partial charge on any atom is -0.508 e. The molecule has 1 aromatic rings. The van der Waals surface area contributed by atoms with Crippen LogP contribution < -0.4 is 0 Å². The molecule has 0 saturated heterocycles. The molecule has 1 saturated carbocycles. The lowest BCUT2D eigenvalue weighted by Crippen LogP contribution is -2.34. The average Bonchev–Trinajstić information content (AvgIpc) is 2.39. The van der Waals surface area contributed by atoms with Crippen LogP contribution in [0, 0.1) is 5.92 Å². The van der Waals surface area contributed by atoms with Gasteiger partial charge in [0.15, 0.2) is 0 Å². The van der Waals surface area contributed by atoms with E-state index in [1.165, 1.54) is 37.7 Å². The van der Waals surface area contributed by atoms with Crippen LogP contribution in [-0.2, 0) is 6.54 Å². The van der Waals surface area contributed by atoms with Crippen molar-refractivity contribution in [1.29, 1.82) is 0 Å². The molecule has 0 atom stereocenters. The zero-order valence-electron chi connectivity index (χ0n) is 11.6. The van der Waals surface area contributed by atoms with Crippen molar-refractivity contribution in [3.8, 4) is 5.75 Å². The highest BCUT2D eigenvalue weighted by Gasteiger charge is 2.22. The number of aromatic hydroxyl groups is 1. The number of rotatable bonds is 4. The van der Waals surface area contributed by atoms with E-state index in [1.807, 2.05) is 12.1 Å². The van der Waals surface area contributed by atoms with Crippen LogP contribution in [0.4, 0.5) is 0 Å². The van der Waals surface area contributed by atoms with Crippen molar-refractivity contribution in [1.82, 2.24) is 4.90 Å². The molecular weight excluding hydrogens is 222 g/mol. The molecule has 2 nitrogen and oxygen atoms in total. The standard InChI is InChI=1S/C16H25NO/c1-3-13-7-9-15(10-8-13)17(2)12-14-5-4-6-16(18)11-14/h4-6,11,13,15,18H,3,7-10,12H2,1-2H3. The topological polar surface area (TPSA) is 23.5 Å². The number of phenols is 1. The summed E-state index contributed by atoms with van der Waals surface area (Å²) in [5, 5.41) is 9.48. The van der Waals surface area contributed by atoms with Crippen LogP contribution in [0.2, 0.25) is 0 Å². The van der Waals surface area contributed by atoms with Crippen LogP contribution in [0.1, 0.15) is 44.6 Å². The fourth-order valence-electron chi connectivity index (χ4n) is 3.07. The van der Waals surface area contributed by atoms with E-state index in [-0.39, 0.29) is 0 Å². The van der Waals surface area contributed by atoms with Crippen molar-refractivity contribution in [3.63, 3.8) is 0 Å². The van der Waals surface area contributed by atoms with Gasteiger partial charge in [-0.05, 0) is 56.3 Å². The summed E-state index contributed by atoms with van der Waals surface area (Å²) in [6.07, 6.45) is 6.75. The van der Waals surface area contributed by atoms with Gasteiger partial charge in [-0.15, -0.1) is 0 Å². The van der Waals surface area contributed by atoms with Crippen LogP contribution in [0.15, 0.2) is 24.3 Å². The Kier molecular flexibility index (Phi) is 4.65. The lowest BCUT2D eigenvalue weighted by molar-refractivity contribution is 0.157. The minimum absolute atomic E-state index is 0.371. The monoisotopic (exact) mass is 247 g/mol. The molecule has 1 N–H and O–H groups in total. The van der Waals surface area contributed by atoms with Crippen molar-refractivity contribution < 1.29 is 5.11 Å². The molecule has 0 unspecified atom stereocenters. The van der Waals surface area contributed by atoms with Gasteiger partial charge in [0.1, 0.15) is 5.75 Å². The van der Waals surface area contributed by atoms with Gasteiger partial charge in [0.05, 0.1) is 0 Å². The van der Waals surface area contributed by atoms with Crippen LogP contribution in [-0.4, -0.2) is 23.1 Å². The Morgan fingerprint density at radius 2 is 1.94 bits per heavy atom. The van der Waals surface area contributed by atoms with Gasteiger partial charge in [0.2, 0.25) is 0 Å².